The molecule has 0 aliphatic rings. The maximum Gasteiger partial charge on any atom is 0.472 e. The van der Waals surface area contributed by atoms with Gasteiger partial charge >= 0.3 is 19.8 Å². The highest BCUT2D eigenvalue weighted by molar-refractivity contribution is 7.47. The van der Waals surface area contributed by atoms with Gasteiger partial charge in [0.25, 0.3) is 0 Å². The summed E-state index contributed by atoms with van der Waals surface area (Å²) in [5, 5.41) is 0. The van der Waals surface area contributed by atoms with Crippen molar-refractivity contribution in [2.24, 2.45) is 0 Å². The molecule has 2 atom stereocenters. The zero-order chi connectivity index (χ0) is 51.3. The Labute approximate surface area is 430 Å². The van der Waals surface area contributed by atoms with E-state index in [9.17, 15) is 19.0 Å². The van der Waals surface area contributed by atoms with Crippen LogP contribution in [-0.2, 0) is 32.7 Å². The van der Waals surface area contributed by atoms with Gasteiger partial charge in [-0.1, -0.05) is 214 Å². The highest BCUT2D eigenvalue weighted by Gasteiger charge is 2.27. The molecule has 0 spiro atoms. The van der Waals surface area contributed by atoms with Crippen LogP contribution in [0.3, 0.4) is 0 Å². The van der Waals surface area contributed by atoms with Crippen LogP contribution in [0.2, 0.25) is 0 Å². The topological polar surface area (TPSA) is 108 Å². The molecule has 402 valence electrons. The minimum atomic E-state index is -4.39. The zero-order valence-corrected chi connectivity index (χ0v) is 46.4. The van der Waals surface area contributed by atoms with Crippen molar-refractivity contribution in [2.45, 2.75) is 225 Å². The number of esters is 2. The average Bonchev–Trinajstić information content (AvgIpc) is 3.32. The number of quaternary nitrogens is 1. The predicted molar refractivity (Wildman–Crippen MR) is 298 cm³/mol. The molecule has 0 saturated carbocycles. The minimum Gasteiger partial charge on any atom is -0.462 e. The molecule has 0 aromatic carbocycles. The number of unbranched alkanes of at least 4 members (excludes halogenated alkanes) is 20. The molecule has 0 saturated heterocycles. The van der Waals surface area contributed by atoms with Crippen LogP contribution in [0, 0.1) is 0 Å². The maximum atomic E-state index is 12.8. The van der Waals surface area contributed by atoms with E-state index in [-0.39, 0.29) is 32.0 Å². The lowest BCUT2D eigenvalue weighted by molar-refractivity contribution is -0.870. The molecule has 0 amide bonds. The Morgan fingerprint density at radius 1 is 0.443 bits per heavy atom. The van der Waals surface area contributed by atoms with Crippen LogP contribution in [0.15, 0.2) is 97.2 Å². The number of hydrogen-bond acceptors (Lipinski definition) is 7. The molecule has 1 N–H and O–H groups in total. The summed E-state index contributed by atoms with van der Waals surface area (Å²) in [6, 6.07) is 0. The average molecular weight is 999 g/mol. The summed E-state index contributed by atoms with van der Waals surface area (Å²) < 4.78 is 34.5. The van der Waals surface area contributed by atoms with E-state index in [1.54, 1.807) is 0 Å². The van der Waals surface area contributed by atoms with E-state index >= 15 is 0 Å². The Hall–Kier alpha value is -3.07. The first kappa shape index (κ1) is 66.9. The van der Waals surface area contributed by atoms with Crippen molar-refractivity contribution < 1.29 is 42.1 Å². The van der Waals surface area contributed by atoms with Crippen LogP contribution in [0.4, 0.5) is 0 Å². The van der Waals surface area contributed by atoms with Crippen LogP contribution < -0.4 is 0 Å². The van der Waals surface area contributed by atoms with Gasteiger partial charge < -0.3 is 18.9 Å². The van der Waals surface area contributed by atoms with Gasteiger partial charge in [0.15, 0.2) is 6.10 Å². The number of carbonyl (C=O) groups excluding carboxylic acids is 2. The van der Waals surface area contributed by atoms with Crippen molar-refractivity contribution in [2.75, 3.05) is 47.5 Å². The summed E-state index contributed by atoms with van der Waals surface area (Å²) in [4.78, 5) is 35.7. The summed E-state index contributed by atoms with van der Waals surface area (Å²) in [7, 11) is 1.46. The fourth-order valence-corrected chi connectivity index (χ4v) is 8.09. The number of nitrogens with zero attached hydrogens (tertiary/aromatic N) is 1. The molecule has 9 nitrogen and oxygen atoms in total. The predicted octanol–water partition coefficient (Wildman–Crippen LogP) is 17.3. The van der Waals surface area contributed by atoms with Crippen molar-refractivity contribution in [1.82, 2.24) is 0 Å². The largest absolute Gasteiger partial charge is 0.472 e. The first-order valence-corrected chi connectivity index (χ1v) is 29.5. The smallest absolute Gasteiger partial charge is 0.462 e. The molecule has 0 radical (unpaired) electrons. The minimum absolute atomic E-state index is 0.0255. The second-order valence-corrected chi connectivity index (χ2v) is 21.0. The first-order valence-electron chi connectivity index (χ1n) is 28.0. The first-order chi connectivity index (χ1) is 34.0. The number of carbonyl (C=O) groups is 2. The molecular weight excluding hydrogens is 894 g/mol. The van der Waals surface area contributed by atoms with Crippen molar-refractivity contribution in [3.05, 3.63) is 97.2 Å². The second kappa shape index (κ2) is 50.9. The Balaban J connectivity index is 4.22. The Morgan fingerprint density at radius 2 is 0.771 bits per heavy atom. The molecule has 0 heterocycles. The summed E-state index contributed by atoms with van der Waals surface area (Å²) in [5.41, 5.74) is 0. The van der Waals surface area contributed by atoms with E-state index in [2.05, 4.69) is 111 Å². The van der Waals surface area contributed by atoms with Crippen molar-refractivity contribution >= 4 is 19.8 Å². The van der Waals surface area contributed by atoms with Gasteiger partial charge in [0.1, 0.15) is 19.8 Å². The van der Waals surface area contributed by atoms with Gasteiger partial charge in [-0.15, -0.1) is 0 Å². The van der Waals surface area contributed by atoms with Gasteiger partial charge in [-0.3, -0.25) is 18.6 Å². The van der Waals surface area contributed by atoms with Crippen molar-refractivity contribution in [3.8, 4) is 0 Å². The molecular formula is C60H105NO8P+. The molecule has 0 aliphatic heterocycles. The number of rotatable bonds is 50. The van der Waals surface area contributed by atoms with E-state index in [1.165, 1.54) is 83.5 Å². The highest BCUT2D eigenvalue weighted by Crippen LogP contribution is 2.43. The van der Waals surface area contributed by atoms with Crippen LogP contribution >= 0.6 is 7.82 Å². The third-order valence-electron chi connectivity index (χ3n) is 11.6. The highest BCUT2D eigenvalue weighted by atomic mass is 31.2. The number of hydrogen-bond donors (Lipinski definition) is 1. The summed E-state index contributed by atoms with van der Waals surface area (Å²) in [6.07, 6.45) is 68.9. The van der Waals surface area contributed by atoms with Gasteiger partial charge in [-0.05, 0) is 89.9 Å². The number of phosphoric acid groups is 1. The molecule has 10 heteroatoms. The third-order valence-corrected chi connectivity index (χ3v) is 12.6. The van der Waals surface area contributed by atoms with Gasteiger partial charge in [0.2, 0.25) is 0 Å². The zero-order valence-electron chi connectivity index (χ0n) is 45.5. The maximum absolute atomic E-state index is 12.8. The van der Waals surface area contributed by atoms with Crippen molar-refractivity contribution in [1.29, 1.82) is 0 Å². The van der Waals surface area contributed by atoms with E-state index in [0.717, 1.165) is 103 Å². The van der Waals surface area contributed by atoms with Crippen LogP contribution in [-0.4, -0.2) is 74.9 Å². The Bertz CT molecular complexity index is 1500. The van der Waals surface area contributed by atoms with Gasteiger partial charge in [0, 0.05) is 12.8 Å². The second-order valence-electron chi connectivity index (χ2n) is 19.6. The quantitative estimate of drug-likeness (QED) is 0.0211. The lowest BCUT2D eigenvalue weighted by Crippen LogP contribution is -2.37. The molecule has 2 unspecified atom stereocenters. The molecule has 0 bridgehead atoms. The van der Waals surface area contributed by atoms with E-state index in [0.29, 0.717) is 17.4 Å². The molecule has 0 aromatic heterocycles. The van der Waals surface area contributed by atoms with Crippen LogP contribution in [0.1, 0.15) is 219 Å². The van der Waals surface area contributed by atoms with E-state index < -0.39 is 26.5 Å². The van der Waals surface area contributed by atoms with E-state index in [4.69, 9.17) is 18.5 Å². The lowest BCUT2D eigenvalue weighted by Gasteiger charge is -2.24. The van der Waals surface area contributed by atoms with E-state index in [1.807, 2.05) is 21.1 Å². The third kappa shape index (κ3) is 54.3. The fourth-order valence-electron chi connectivity index (χ4n) is 7.35. The molecule has 0 aliphatic carbocycles. The number of allylic oxidation sites excluding steroid dienone is 16. The monoisotopic (exact) mass is 999 g/mol. The fraction of sp³-hybridized carbons (Fsp3) is 0.700. The summed E-state index contributed by atoms with van der Waals surface area (Å²) in [5.74, 6) is -0.810. The number of ether oxygens (including phenoxy) is 2. The molecule has 0 rings (SSSR count). The molecule has 70 heavy (non-hydrogen) atoms. The van der Waals surface area contributed by atoms with Gasteiger partial charge in [0.05, 0.1) is 27.7 Å². The Kier molecular flexibility index (Phi) is 48.6. The number of phosphoric ester groups is 1. The van der Waals surface area contributed by atoms with Crippen LogP contribution in [0.25, 0.3) is 0 Å². The summed E-state index contributed by atoms with van der Waals surface area (Å²) in [6.45, 7) is 4.20. The van der Waals surface area contributed by atoms with Gasteiger partial charge in [-0.25, -0.2) is 4.57 Å². The SMILES string of the molecule is CC/C=C\C/C=C\C/C=C\C/C=C\CCCCCCCCCCCCC(=O)OCC(COP(=O)(O)OCC[N+](C)(C)C)OC(=O)CCCCCCCCCCCC/C=C\C/C=C\C/C=C\C/C=C\CC. The standard InChI is InChI=1S/C60H104NO8P/c1-6-8-10-12-14-16-18-20-22-24-26-28-30-32-34-36-38-40-42-44-46-48-50-52-59(62)66-56-58(57-68-70(64,65)67-55-54-61(3,4)5)69-60(63)53-51-49-47-45-43-41-39-37-35-33-31-29-27-25-23-21-19-17-15-13-11-9-7-2/h8-11,14-17,20-23,26-29,58H,6-7,12-13,18-19,24-25,30-57H2,1-5H3/p+1/b10-8-,11-9-,16-14-,17-15-,22-20-,23-21-,28-26-,29-27-. The molecule has 0 aromatic rings. The molecule has 0 fully saturated rings. The summed E-state index contributed by atoms with van der Waals surface area (Å²) >= 11 is 0. The Morgan fingerprint density at radius 3 is 1.14 bits per heavy atom. The lowest BCUT2D eigenvalue weighted by atomic mass is 10.0. The van der Waals surface area contributed by atoms with Crippen molar-refractivity contribution in [3.63, 3.8) is 0 Å². The van der Waals surface area contributed by atoms with Gasteiger partial charge in [-0.2, -0.15) is 0 Å². The van der Waals surface area contributed by atoms with Crippen LogP contribution in [0.5, 0.6) is 0 Å². The normalized spacial score (nSPS) is 14.1. The number of likely N-dealkylation sites (N-methyl/N-ethyl adjacent to an activating group) is 1.